The van der Waals surface area contributed by atoms with E-state index in [1.54, 1.807) is 12.1 Å². The van der Waals surface area contributed by atoms with Gasteiger partial charge in [0.1, 0.15) is 11.8 Å². The second kappa shape index (κ2) is 7.28. The van der Waals surface area contributed by atoms with Crippen LogP contribution >= 0.6 is 0 Å². The van der Waals surface area contributed by atoms with Gasteiger partial charge in [-0.3, -0.25) is 9.69 Å². The fraction of sp³-hybridized carbons (Fsp3) is 0.381. The van der Waals surface area contributed by atoms with Crippen LogP contribution < -0.4 is 0 Å². The summed E-state index contributed by atoms with van der Waals surface area (Å²) in [6.45, 7) is 2.59. The number of nitrogens with zero attached hydrogens (tertiary/aromatic N) is 2. The maximum atomic E-state index is 13.4. The molecule has 4 heteroatoms. The average molecular weight is 338 g/mol. The van der Waals surface area contributed by atoms with Crippen LogP contribution in [0.1, 0.15) is 35.6 Å². The molecule has 0 spiro atoms. The molecule has 1 amide bonds. The Kier molecular flexibility index (Phi) is 5.09. The summed E-state index contributed by atoms with van der Waals surface area (Å²) in [5, 5.41) is 9.72. The van der Waals surface area contributed by atoms with E-state index in [2.05, 4.69) is 13.0 Å². The molecule has 2 aromatic rings. The Morgan fingerprint density at radius 3 is 2.48 bits per heavy atom. The number of likely N-dealkylation sites (N-methyl/N-ethyl adjacent to an activating group) is 1. The van der Waals surface area contributed by atoms with E-state index in [0.29, 0.717) is 12.6 Å². The van der Waals surface area contributed by atoms with Crippen molar-refractivity contribution in [3.8, 4) is 5.75 Å². The second-order valence-electron chi connectivity index (χ2n) is 7.09. The first kappa shape index (κ1) is 17.5. The van der Waals surface area contributed by atoms with Crippen molar-refractivity contribution in [2.45, 2.75) is 38.4 Å². The van der Waals surface area contributed by atoms with E-state index in [-0.39, 0.29) is 17.7 Å². The quantitative estimate of drug-likeness (QED) is 0.877. The summed E-state index contributed by atoms with van der Waals surface area (Å²) >= 11 is 0. The fourth-order valence-corrected chi connectivity index (χ4v) is 3.31. The molecular weight excluding hydrogens is 312 g/mol. The number of benzene rings is 2. The van der Waals surface area contributed by atoms with Gasteiger partial charge in [0.2, 0.25) is 5.91 Å². The molecule has 4 nitrogen and oxygen atoms in total. The molecule has 0 heterocycles. The molecule has 0 aromatic heterocycles. The number of hydrogen-bond donors (Lipinski definition) is 1. The summed E-state index contributed by atoms with van der Waals surface area (Å²) < 4.78 is 0. The van der Waals surface area contributed by atoms with Gasteiger partial charge in [0.15, 0.2) is 0 Å². The Morgan fingerprint density at radius 1 is 1.16 bits per heavy atom. The number of carbonyl (C=O) groups is 1. The number of amides is 1. The first-order chi connectivity index (χ1) is 12.0. The lowest BCUT2D eigenvalue weighted by atomic mass is 9.99. The smallest absolute Gasteiger partial charge is 0.245 e. The minimum Gasteiger partial charge on any atom is -0.508 e. The van der Waals surface area contributed by atoms with E-state index in [4.69, 9.17) is 0 Å². The third kappa shape index (κ3) is 4.02. The van der Waals surface area contributed by atoms with Gasteiger partial charge in [-0.15, -0.1) is 0 Å². The molecule has 1 fully saturated rings. The molecule has 0 aliphatic heterocycles. The molecule has 3 rings (SSSR count). The van der Waals surface area contributed by atoms with Crippen LogP contribution in [0.25, 0.3) is 0 Å². The molecule has 0 unspecified atom stereocenters. The molecule has 0 radical (unpaired) electrons. The van der Waals surface area contributed by atoms with Gasteiger partial charge in [0, 0.05) is 12.6 Å². The first-order valence-corrected chi connectivity index (χ1v) is 8.77. The van der Waals surface area contributed by atoms with Crippen LogP contribution in [0.3, 0.4) is 0 Å². The van der Waals surface area contributed by atoms with Crippen LogP contribution in [0.2, 0.25) is 0 Å². The van der Waals surface area contributed by atoms with Gasteiger partial charge in [-0.25, -0.2) is 0 Å². The van der Waals surface area contributed by atoms with Crippen molar-refractivity contribution in [1.29, 1.82) is 0 Å². The monoisotopic (exact) mass is 338 g/mol. The zero-order valence-electron chi connectivity index (χ0n) is 15.1. The van der Waals surface area contributed by atoms with E-state index in [9.17, 15) is 9.90 Å². The Hall–Kier alpha value is -2.33. The van der Waals surface area contributed by atoms with E-state index < -0.39 is 0 Å². The SMILES string of the molecule is Cc1ccccc1[C@@H](C(=O)N(Cc1cccc(O)c1)C1CC1)N(C)C. The molecule has 1 aliphatic rings. The van der Waals surface area contributed by atoms with Gasteiger partial charge >= 0.3 is 0 Å². The normalized spacial score (nSPS) is 15.2. The summed E-state index contributed by atoms with van der Waals surface area (Å²) in [7, 11) is 3.91. The maximum absolute atomic E-state index is 13.4. The molecule has 132 valence electrons. The zero-order valence-corrected chi connectivity index (χ0v) is 15.1. The van der Waals surface area contributed by atoms with Crippen molar-refractivity contribution in [2.24, 2.45) is 0 Å². The molecule has 1 saturated carbocycles. The van der Waals surface area contributed by atoms with Gasteiger partial charge in [-0.1, -0.05) is 36.4 Å². The Bertz CT molecular complexity index is 753. The second-order valence-corrected chi connectivity index (χ2v) is 7.09. The van der Waals surface area contributed by atoms with Gasteiger partial charge < -0.3 is 10.0 Å². The number of hydrogen-bond acceptors (Lipinski definition) is 3. The highest BCUT2D eigenvalue weighted by atomic mass is 16.3. The summed E-state index contributed by atoms with van der Waals surface area (Å²) in [5.74, 6) is 0.369. The van der Waals surface area contributed by atoms with E-state index in [1.807, 2.05) is 54.2 Å². The number of rotatable bonds is 6. The Labute approximate surface area is 149 Å². The largest absolute Gasteiger partial charge is 0.508 e. The fourth-order valence-electron chi connectivity index (χ4n) is 3.31. The van der Waals surface area contributed by atoms with Crippen LogP contribution in [0.4, 0.5) is 0 Å². The predicted molar refractivity (Wildman–Crippen MR) is 99.3 cm³/mol. The van der Waals surface area contributed by atoms with Gasteiger partial charge in [-0.2, -0.15) is 0 Å². The van der Waals surface area contributed by atoms with Crippen LogP contribution in [-0.4, -0.2) is 41.0 Å². The lowest BCUT2D eigenvalue weighted by Crippen LogP contribution is -2.41. The molecule has 0 saturated heterocycles. The summed E-state index contributed by atoms with van der Waals surface area (Å²) in [6, 6.07) is 15.3. The number of aromatic hydroxyl groups is 1. The predicted octanol–water partition coefficient (Wildman–Crippen LogP) is 3.49. The topological polar surface area (TPSA) is 43.8 Å². The highest BCUT2D eigenvalue weighted by Gasteiger charge is 2.37. The summed E-state index contributed by atoms with van der Waals surface area (Å²) in [6.07, 6.45) is 2.11. The number of aryl methyl sites for hydroxylation is 1. The highest BCUT2D eigenvalue weighted by molar-refractivity contribution is 5.84. The molecular formula is C21H26N2O2. The minimum absolute atomic E-state index is 0.130. The molecule has 0 bridgehead atoms. The van der Waals surface area contributed by atoms with Crippen molar-refractivity contribution in [3.63, 3.8) is 0 Å². The van der Waals surface area contributed by atoms with E-state index >= 15 is 0 Å². The van der Waals surface area contributed by atoms with E-state index in [1.165, 1.54) is 0 Å². The lowest BCUT2D eigenvalue weighted by Gasteiger charge is -2.32. The van der Waals surface area contributed by atoms with E-state index in [0.717, 1.165) is 29.5 Å². The Balaban J connectivity index is 1.89. The molecule has 1 N–H and O–H groups in total. The Morgan fingerprint density at radius 2 is 1.88 bits per heavy atom. The van der Waals surface area contributed by atoms with Crippen molar-refractivity contribution in [3.05, 3.63) is 65.2 Å². The maximum Gasteiger partial charge on any atom is 0.245 e. The van der Waals surface area contributed by atoms with Crippen LogP contribution in [0, 0.1) is 6.92 Å². The molecule has 1 aliphatic carbocycles. The third-order valence-corrected chi connectivity index (χ3v) is 4.77. The highest BCUT2D eigenvalue weighted by Crippen LogP contribution is 2.33. The zero-order chi connectivity index (χ0) is 18.0. The van der Waals surface area contributed by atoms with Crippen LogP contribution in [0.15, 0.2) is 48.5 Å². The van der Waals surface area contributed by atoms with Gasteiger partial charge in [-0.05, 0) is 62.7 Å². The molecule has 2 aromatic carbocycles. The third-order valence-electron chi connectivity index (χ3n) is 4.77. The van der Waals surface area contributed by atoms with Crippen molar-refractivity contribution in [1.82, 2.24) is 9.80 Å². The summed E-state index contributed by atoms with van der Waals surface area (Å²) in [5.41, 5.74) is 3.14. The van der Waals surface area contributed by atoms with Crippen molar-refractivity contribution < 1.29 is 9.90 Å². The summed E-state index contributed by atoms with van der Waals surface area (Å²) in [4.78, 5) is 17.4. The van der Waals surface area contributed by atoms with Crippen molar-refractivity contribution >= 4 is 5.91 Å². The first-order valence-electron chi connectivity index (χ1n) is 8.77. The molecule has 25 heavy (non-hydrogen) atoms. The van der Waals surface area contributed by atoms with Crippen molar-refractivity contribution in [2.75, 3.05) is 14.1 Å². The number of carbonyl (C=O) groups excluding carboxylic acids is 1. The molecule has 1 atom stereocenters. The number of phenolic OH excluding ortho intramolecular Hbond substituents is 1. The van der Waals surface area contributed by atoms with Gasteiger partial charge in [0.25, 0.3) is 0 Å². The minimum atomic E-state index is -0.292. The standard InChI is InChI=1S/C21H26N2O2/c1-15-7-4-5-10-19(15)20(22(2)3)21(25)23(17-11-12-17)14-16-8-6-9-18(24)13-16/h4-10,13,17,20,24H,11-12,14H2,1-3H3/t20-/m0/s1. The average Bonchev–Trinajstić information content (AvgIpc) is 3.39. The number of phenols is 1. The van der Waals surface area contributed by atoms with Gasteiger partial charge in [0.05, 0.1) is 0 Å². The van der Waals surface area contributed by atoms with Crippen LogP contribution in [-0.2, 0) is 11.3 Å². The lowest BCUT2D eigenvalue weighted by molar-refractivity contribution is -0.137. The van der Waals surface area contributed by atoms with Crippen LogP contribution in [0.5, 0.6) is 5.75 Å².